The van der Waals surface area contributed by atoms with Crippen molar-refractivity contribution in [1.82, 2.24) is 35.7 Å². The minimum atomic E-state index is -3.13. The molecule has 2 heterocycles. The van der Waals surface area contributed by atoms with Gasteiger partial charge in [0, 0.05) is 16.7 Å². The number of nitrogens with zero attached hydrogens (tertiary/aromatic N) is 6. The van der Waals surface area contributed by atoms with E-state index in [1.807, 2.05) is 0 Å². The van der Waals surface area contributed by atoms with Crippen molar-refractivity contribution < 1.29 is 22.4 Å². The van der Waals surface area contributed by atoms with Gasteiger partial charge in [-0.15, -0.1) is 15.3 Å². The van der Waals surface area contributed by atoms with Gasteiger partial charge in [-0.1, -0.05) is 0 Å². The van der Waals surface area contributed by atoms with Crippen LogP contribution in [0.25, 0.3) is 11.4 Å². The van der Waals surface area contributed by atoms with Gasteiger partial charge in [0.25, 0.3) is 5.91 Å². The van der Waals surface area contributed by atoms with Gasteiger partial charge in [0.05, 0.1) is 24.6 Å². The van der Waals surface area contributed by atoms with Crippen LogP contribution in [0.1, 0.15) is 14.6 Å². The normalized spacial score (nSPS) is 12.8. The number of hydrogen-bond donors (Lipinski definition) is 2. The van der Waals surface area contributed by atoms with Crippen LogP contribution in [0.5, 0.6) is 5.75 Å². The van der Waals surface area contributed by atoms with Crippen molar-refractivity contribution >= 4 is 17.3 Å². The van der Waals surface area contributed by atoms with Crippen molar-refractivity contribution in [3.63, 3.8) is 0 Å². The lowest BCUT2D eigenvalue weighted by Crippen LogP contribution is -2.21. The number of carbonyl (C=O) groups excluding carboxylic acids is 1. The molecule has 2 aromatic heterocycles. The largest absolute Gasteiger partial charge is 0.433 e. The third-order valence-corrected chi connectivity index (χ3v) is 3.28. The lowest BCUT2D eigenvalue weighted by atomic mass is 10.1. The Labute approximate surface area is 155 Å². The smallest absolute Gasteiger partial charge is 0.387 e. The summed E-state index contributed by atoms with van der Waals surface area (Å²) < 4.78 is 51.8. The maximum absolute atomic E-state index is 12.9. The molecular weight excluding hydrogens is 362 g/mol. The van der Waals surface area contributed by atoms with E-state index in [1.165, 1.54) is 35.3 Å². The molecule has 3 rings (SSSR count). The minimum Gasteiger partial charge on any atom is -0.433 e. The van der Waals surface area contributed by atoms with E-state index in [0.29, 0.717) is 5.56 Å². The van der Waals surface area contributed by atoms with E-state index in [2.05, 4.69) is 35.7 Å². The van der Waals surface area contributed by atoms with Gasteiger partial charge in [-0.2, -0.15) is 18.7 Å². The first-order valence-electron chi connectivity index (χ1n) is 8.87. The van der Waals surface area contributed by atoms with E-state index in [4.69, 9.17) is 4.11 Å². The third kappa shape index (κ3) is 4.11. The summed E-state index contributed by atoms with van der Waals surface area (Å²) >= 11 is 0. The van der Waals surface area contributed by atoms with Crippen LogP contribution < -0.4 is 15.4 Å². The summed E-state index contributed by atoms with van der Waals surface area (Å²) in [7, 11) is 1.55. The van der Waals surface area contributed by atoms with Crippen molar-refractivity contribution in [2.45, 2.75) is 6.61 Å². The Hall–Kier alpha value is -3.70. The van der Waals surface area contributed by atoms with Crippen LogP contribution in [0.4, 0.5) is 20.2 Å². The predicted octanol–water partition coefficient (Wildman–Crippen LogP) is 1.37. The second kappa shape index (κ2) is 7.68. The summed E-state index contributed by atoms with van der Waals surface area (Å²) in [6.45, 7) is -5.88. The Morgan fingerprint density at radius 3 is 2.85 bits per heavy atom. The van der Waals surface area contributed by atoms with Gasteiger partial charge in [0.2, 0.25) is 5.82 Å². The molecule has 0 fully saturated rings. The highest BCUT2D eigenvalue weighted by molar-refractivity contribution is 5.98. The van der Waals surface area contributed by atoms with Gasteiger partial charge in [-0.25, -0.2) is 0 Å². The average Bonchev–Trinajstić information content (AvgIpc) is 3.08. The molecule has 3 aromatic rings. The van der Waals surface area contributed by atoms with E-state index in [1.54, 1.807) is 12.4 Å². The lowest BCUT2D eigenvalue weighted by Gasteiger charge is -2.14. The van der Waals surface area contributed by atoms with Gasteiger partial charge >= 0.3 is 6.61 Å². The molecule has 10 nitrogen and oxygen atoms in total. The van der Waals surface area contributed by atoms with Gasteiger partial charge in [0.1, 0.15) is 5.75 Å². The molecular formula is C15H14F2N8O2. The van der Waals surface area contributed by atoms with E-state index < -0.39 is 19.5 Å². The Balaban J connectivity index is 1.95. The number of ether oxygens (including phenoxy) is 1. The highest BCUT2D eigenvalue weighted by atomic mass is 19.3. The van der Waals surface area contributed by atoms with Crippen molar-refractivity contribution in [1.29, 1.82) is 0 Å². The van der Waals surface area contributed by atoms with Crippen LogP contribution in [0, 0.1) is 0 Å². The molecule has 0 bridgehead atoms. The second-order valence-electron chi connectivity index (χ2n) is 5.06. The molecule has 1 aromatic carbocycles. The van der Waals surface area contributed by atoms with Gasteiger partial charge in [-0.3, -0.25) is 4.79 Å². The van der Waals surface area contributed by atoms with Crippen molar-refractivity contribution in [3.8, 4) is 17.1 Å². The number of aryl methyl sites for hydroxylation is 1. The highest BCUT2D eigenvalue weighted by Crippen LogP contribution is 2.33. The van der Waals surface area contributed by atoms with Crippen LogP contribution >= 0.6 is 0 Å². The molecule has 0 aliphatic carbocycles. The number of anilines is 2. The number of alkyl halides is 2. The van der Waals surface area contributed by atoms with Crippen LogP contribution in [-0.2, 0) is 7.05 Å². The molecule has 0 saturated carbocycles. The number of nitrogens with one attached hydrogen (secondary N) is 2. The van der Waals surface area contributed by atoms with Gasteiger partial charge in [0.15, 0.2) is 5.69 Å². The van der Waals surface area contributed by atoms with Crippen molar-refractivity contribution in [3.05, 3.63) is 36.2 Å². The number of halogens is 2. The average molecular weight is 379 g/mol. The first-order chi connectivity index (χ1) is 14.1. The maximum Gasteiger partial charge on any atom is 0.387 e. The fraction of sp³-hybridized carbons (Fsp3) is 0.200. The summed E-state index contributed by atoms with van der Waals surface area (Å²) in [6.07, 6.45) is 1.24. The molecule has 140 valence electrons. The molecule has 0 spiro atoms. The topological polar surface area (TPSA) is 120 Å². The van der Waals surface area contributed by atoms with Gasteiger partial charge < -0.3 is 15.4 Å². The zero-order valence-corrected chi connectivity index (χ0v) is 13.7. The molecule has 2 N–H and O–H groups in total. The van der Waals surface area contributed by atoms with E-state index in [-0.39, 0.29) is 28.6 Å². The van der Waals surface area contributed by atoms with Crippen molar-refractivity contribution in [2.24, 2.45) is 7.05 Å². The minimum absolute atomic E-state index is 0.0243. The Kier molecular flexibility index (Phi) is 4.11. The van der Waals surface area contributed by atoms with Crippen LogP contribution in [0.2, 0.25) is 0 Å². The van der Waals surface area contributed by atoms with E-state index >= 15 is 0 Å². The van der Waals surface area contributed by atoms with Crippen molar-refractivity contribution in [2.75, 3.05) is 12.3 Å². The molecule has 0 atom stereocenters. The van der Waals surface area contributed by atoms with Gasteiger partial charge in [-0.05, 0) is 29.5 Å². The quantitative estimate of drug-likeness (QED) is 0.659. The lowest BCUT2D eigenvalue weighted by molar-refractivity contribution is -0.0493. The summed E-state index contributed by atoms with van der Waals surface area (Å²) in [5.41, 5.74) is 0.0870. The molecule has 27 heavy (non-hydrogen) atoms. The Morgan fingerprint density at radius 1 is 1.30 bits per heavy atom. The fourth-order valence-electron chi connectivity index (χ4n) is 2.16. The summed E-state index contributed by atoms with van der Waals surface area (Å²) in [6, 6.07) is 5.51. The summed E-state index contributed by atoms with van der Waals surface area (Å²) in [5.74, 6) is -1.11. The number of hydrogen-bond acceptors (Lipinski definition) is 8. The van der Waals surface area contributed by atoms with Crippen LogP contribution in [-0.4, -0.2) is 49.9 Å². The molecule has 0 unspecified atom stereocenters. The fourth-order valence-corrected chi connectivity index (χ4v) is 2.16. The highest BCUT2D eigenvalue weighted by Gasteiger charge is 2.17. The third-order valence-electron chi connectivity index (χ3n) is 3.28. The maximum atomic E-state index is 12.9. The summed E-state index contributed by atoms with van der Waals surface area (Å²) in [4.78, 5) is 13.4. The molecule has 0 aliphatic rings. The second-order valence-corrected chi connectivity index (χ2v) is 5.06. The number of aromatic nitrogens is 6. The Bertz CT molecular complexity index is 1060. The standard InChI is InChI=1S/C15H14F2N8O2/c1-18-14(26)12-10(5-6-19-21-12)20-9-4-3-8(7-11(9)27-15(16)17)13-22-24-25(2)23-13/h3-7,15H,1-2H3,(H,18,26)(H,19,20)/i1D3. The number of benzene rings is 1. The number of amides is 1. The Morgan fingerprint density at radius 2 is 2.15 bits per heavy atom. The zero-order valence-electron chi connectivity index (χ0n) is 16.7. The van der Waals surface area contributed by atoms with Crippen LogP contribution in [0.15, 0.2) is 30.5 Å². The number of rotatable bonds is 6. The molecule has 12 heteroatoms. The SMILES string of the molecule is [2H]C([2H])([2H])NC(=O)c1nnccc1Nc1ccc(-c2nnn(C)n2)cc1OC(F)F. The van der Waals surface area contributed by atoms with Crippen LogP contribution in [0.3, 0.4) is 0 Å². The molecule has 1 amide bonds. The first kappa shape index (κ1) is 14.5. The zero-order chi connectivity index (χ0) is 21.9. The summed E-state index contributed by atoms with van der Waals surface area (Å²) in [5, 5.41) is 23.2. The first-order valence-corrected chi connectivity index (χ1v) is 7.37. The van der Waals surface area contributed by atoms with E-state index in [9.17, 15) is 13.6 Å². The molecule has 0 saturated heterocycles. The number of carbonyl (C=O) groups is 1. The number of tetrazole rings is 1. The molecule has 0 aliphatic heterocycles. The van der Waals surface area contributed by atoms with E-state index in [0.717, 1.165) is 0 Å². The predicted molar refractivity (Wildman–Crippen MR) is 89.6 cm³/mol. The molecule has 0 radical (unpaired) electrons. The monoisotopic (exact) mass is 379 g/mol.